The van der Waals surface area contributed by atoms with Crippen LogP contribution in [0.25, 0.3) is 0 Å². The molecule has 3 rings (SSSR count). The minimum atomic E-state index is -0.178. The van der Waals surface area contributed by atoms with E-state index in [2.05, 4.69) is 37.6 Å². The molecule has 0 radical (unpaired) electrons. The fourth-order valence-corrected chi connectivity index (χ4v) is 4.01. The van der Waals surface area contributed by atoms with E-state index in [0.29, 0.717) is 18.3 Å². The molecule has 1 aliphatic rings. The van der Waals surface area contributed by atoms with Gasteiger partial charge in [0.05, 0.1) is 5.69 Å². The summed E-state index contributed by atoms with van der Waals surface area (Å²) in [6.07, 6.45) is 2.03. The SMILES string of the molecule is CCN(CC)c1ccc(CNC(=NC)NC2CCN(c3cccc(C)n3)CC2)cc1F. The summed E-state index contributed by atoms with van der Waals surface area (Å²) in [7, 11) is 1.77. The Morgan fingerprint density at radius 1 is 1.19 bits per heavy atom. The second-order valence-electron chi connectivity index (χ2n) is 7.93. The molecule has 1 aliphatic heterocycles. The van der Waals surface area contributed by atoms with E-state index in [-0.39, 0.29) is 5.82 Å². The Kier molecular flexibility index (Phi) is 8.09. The molecule has 0 saturated carbocycles. The van der Waals surface area contributed by atoms with Crippen LogP contribution in [0.15, 0.2) is 41.4 Å². The Morgan fingerprint density at radius 2 is 1.94 bits per heavy atom. The van der Waals surface area contributed by atoms with Crippen molar-refractivity contribution in [2.24, 2.45) is 4.99 Å². The lowest BCUT2D eigenvalue weighted by molar-refractivity contribution is 0.459. The van der Waals surface area contributed by atoms with Crippen LogP contribution in [-0.2, 0) is 6.54 Å². The summed E-state index contributed by atoms with van der Waals surface area (Å²) in [6, 6.07) is 12.0. The Hall–Kier alpha value is -2.83. The van der Waals surface area contributed by atoms with Crippen LogP contribution in [0.1, 0.15) is 37.9 Å². The first kappa shape index (κ1) is 22.8. The molecule has 2 aromatic rings. The maximum absolute atomic E-state index is 14.5. The molecule has 1 fully saturated rings. The second-order valence-corrected chi connectivity index (χ2v) is 7.93. The molecule has 0 aliphatic carbocycles. The number of piperidine rings is 1. The van der Waals surface area contributed by atoms with Gasteiger partial charge in [-0.1, -0.05) is 12.1 Å². The number of aromatic nitrogens is 1. The van der Waals surface area contributed by atoms with Gasteiger partial charge in [0.25, 0.3) is 0 Å². The third kappa shape index (κ3) is 6.09. The summed E-state index contributed by atoms with van der Waals surface area (Å²) >= 11 is 0. The average molecular weight is 427 g/mol. The molecule has 31 heavy (non-hydrogen) atoms. The highest BCUT2D eigenvalue weighted by molar-refractivity contribution is 5.80. The van der Waals surface area contributed by atoms with Gasteiger partial charge in [-0.25, -0.2) is 9.37 Å². The van der Waals surface area contributed by atoms with Crippen molar-refractivity contribution in [1.29, 1.82) is 0 Å². The number of hydrogen-bond donors (Lipinski definition) is 2. The zero-order chi connectivity index (χ0) is 22.2. The van der Waals surface area contributed by atoms with Crippen LogP contribution in [0.2, 0.25) is 0 Å². The first-order valence-electron chi connectivity index (χ1n) is 11.2. The first-order chi connectivity index (χ1) is 15.0. The predicted octanol–water partition coefficient (Wildman–Crippen LogP) is 3.71. The van der Waals surface area contributed by atoms with Crippen molar-refractivity contribution in [3.05, 3.63) is 53.5 Å². The van der Waals surface area contributed by atoms with Crippen molar-refractivity contribution in [3.63, 3.8) is 0 Å². The number of nitrogens with zero attached hydrogens (tertiary/aromatic N) is 4. The fraction of sp³-hybridized carbons (Fsp3) is 0.500. The minimum Gasteiger partial charge on any atom is -0.370 e. The summed E-state index contributed by atoms with van der Waals surface area (Å²) in [5.41, 5.74) is 2.60. The number of guanidine groups is 1. The maximum atomic E-state index is 14.5. The third-order valence-electron chi connectivity index (χ3n) is 5.83. The number of benzene rings is 1. The fourth-order valence-electron chi connectivity index (χ4n) is 4.01. The number of halogens is 1. The van der Waals surface area contributed by atoms with E-state index in [9.17, 15) is 4.39 Å². The van der Waals surface area contributed by atoms with E-state index >= 15 is 0 Å². The molecular weight excluding hydrogens is 391 g/mol. The monoisotopic (exact) mass is 426 g/mol. The number of pyridine rings is 1. The molecule has 1 aromatic heterocycles. The highest BCUT2D eigenvalue weighted by Gasteiger charge is 2.21. The number of rotatable bonds is 7. The zero-order valence-electron chi connectivity index (χ0n) is 19.2. The van der Waals surface area contributed by atoms with E-state index in [1.165, 1.54) is 0 Å². The van der Waals surface area contributed by atoms with Crippen molar-refractivity contribution in [2.75, 3.05) is 43.0 Å². The molecule has 0 spiro atoms. The van der Waals surface area contributed by atoms with Gasteiger partial charge in [-0.3, -0.25) is 4.99 Å². The van der Waals surface area contributed by atoms with E-state index in [4.69, 9.17) is 0 Å². The van der Waals surface area contributed by atoms with Gasteiger partial charge < -0.3 is 20.4 Å². The normalized spacial score (nSPS) is 15.1. The van der Waals surface area contributed by atoms with Gasteiger partial charge in [0.2, 0.25) is 0 Å². The Labute approximate surface area is 185 Å². The van der Waals surface area contributed by atoms with Crippen LogP contribution in [0.4, 0.5) is 15.9 Å². The molecular formula is C24H35FN6. The second kappa shape index (κ2) is 11.0. The summed E-state index contributed by atoms with van der Waals surface area (Å²) in [5, 5.41) is 6.83. The van der Waals surface area contributed by atoms with E-state index in [1.807, 2.05) is 43.9 Å². The molecule has 6 nitrogen and oxygen atoms in total. The van der Waals surface area contributed by atoms with Crippen LogP contribution in [0.5, 0.6) is 0 Å². The van der Waals surface area contributed by atoms with E-state index in [0.717, 1.165) is 62.1 Å². The van der Waals surface area contributed by atoms with Crippen molar-refractivity contribution in [2.45, 2.75) is 46.2 Å². The van der Waals surface area contributed by atoms with Crippen LogP contribution in [-0.4, -0.2) is 50.2 Å². The van der Waals surface area contributed by atoms with Crippen LogP contribution in [0, 0.1) is 12.7 Å². The number of nitrogens with one attached hydrogen (secondary N) is 2. The summed E-state index contributed by atoms with van der Waals surface area (Å²) in [6.45, 7) is 10.1. The van der Waals surface area contributed by atoms with Crippen molar-refractivity contribution in [1.82, 2.24) is 15.6 Å². The molecule has 2 heterocycles. The topological polar surface area (TPSA) is 55.8 Å². The Morgan fingerprint density at radius 3 is 2.55 bits per heavy atom. The lowest BCUT2D eigenvalue weighted by Gasteiger charge is -2.34. The smallest absolute Gasteiger partial charge is 0.191 e. The van der Waals surface area contributed by atoms with Crippen LogP contribution < -0.4 is 20.4 Å². The average Bonchev–Trinajstić information content (AvgIpc) is 2.79. The van der Waals surface area contributed by atoms with Gasteiger partial charge in [0.15, 0.2) is 5.96 Å². The van der Waals surface area contributed by atoms with Crippen molar-refractivity contribution >= 4 is 17.5 Å². The molecule has 2 N–H and O–H groups in total. The molecule has 0 atom stereocenters. The van der Waals surface area contributed by atoms with Gasteiger partial charge in [0, 0.05) is 51.5 Å². The molecule has 0 bridgehead atoms. The van der Waals surface area contributed by atoms with Gasteiger partial charge in [0.1, 0.15) is 11.6 Å². The van der Waals surface area contributed by atoms with Crippen molar-refractivity contribution < 1.29 is 4.39 Å². The molecule has 168 valence electrons. The number of hydrogen-bond acceptors (Lipinski definition) is 4. The maximum Gasteiger partial charge on any atom is 0.191 e. The third-order valence-corrected chi connectivity index (χ3v) is 5.83. The molecule has 0 unspecified atom stereocenters. The highest BCUT2D eigenvalue weighted by atomic mass is 19.1. The predicted molar refractivity (Wildman–Crippen MR) is 128 cm³/mol. The molecule has 1 saturated heterocycles. The number of aliphatic imine (C=N–C) groups is 1. The minimum absolute atomic E-state index is 0.178. The molecule has 0 amide bonds. The van der Waals surface area contributed by atoms with E-state index in [1.54, 1.807) is 13.1 Å². The summed E-state index contributed by atoms with van der Waals surface area (Å²) < 4.78 is 14.5. The van der Waals surface area contributed by atoms with Crippen LogP contribution in [0.3, 0.4) is 0 Å². The quantitative estimate of drug-likeness (QED) is 0.522. The molecule has 1 aromatic carbocycles. The van der Waals surface area contributed by atoms with Crippen LogP contribution >= 0.6 is 0 Å². The Bertz CT molecular complexity index is 872. The highest BCUT2D eigenvalue weighted by Crippen LogP contribution is 2.21. The molecule has 7 heteroatoms. The lowest BCUT2D eigenvalue weighted by atomic mass is 10.1. The van der Waals surface area contributed by atoms with Gasteiger partial charge in [-0.2, -0.15) is 0 Å². The van der Waals surface area contributed by atoms with Gasteiger partial charge >= 0.3 is 0 Å². The first-order valence-corrected chi connectivity index (χ1v) is 11.2. The number of anilines is 2. The number of aryl methyl sites for hydroxylation is 1. The summed E-state index contributed by atoms with van der Waals surface area (Å²) in [5.74, 6) is 1.62. The lowest BCUT2D eigenvalue weighted by Crippen LogP contribution is -2.48. The standard InChI is InChI=1S/C24H35FN6/c1-5-30(6-2)22-11-10-19(16-21(22)25)17-27-24(26-4)29-20-12-14-31(15-13-20)23-9-7-8-18(3)28-23/h7-11,16,20H,5-6,12-15,17H2,1-4H3,(H2,26,27,29). The van der Waals surface area contributed by atoms with Crippen molar-refractivity contribution in [3.8, 4) is 0 Å². The van der Waals surface area contributed by atoms with Gasteiger partial charge in [-0.05, 0) is 63.4 Å². The van der Waals surface area contributed by atoms with Gasteiger partial charge in [-0.15, -0.1) is 0 Å². The van der Waals surface area contributed by atoms with E-state index < -0.39 is 0 Å². The zero-order valence-corrected chi connectivity index (χ0v) is 19.2. The largest absolute Gasteiger partial charge is 0.370 e. The Balaban J connectivity index is 1.50. The summed E-state index contributed by atoms with van der Waals surface area (Å²) in [4.78, 5) is 13.3.